The second kappa shape index (κ2) is 12.8. The Morgan fingerprint density at radius 2 is 1.87 bits per heavy atom. The molecule has 1 amide bonds. The molecule has 1 aromatic carbocycles. The third-order valence-electron chi connectivity index (χ3n) is 5.89. The number of aliphatic hydroxyl groups is 1. The van der Waals surface area contributed by atoms with Crippen molar-refractivity contribution in [2.24, 2.45) is 5.92 Å². The van der Waals surface area contributed by atoms with Gasteiger partial charge in [-0.1, -0.05) is 32.0 Å². The van der Waals surface area contributed by atoms with Crippen molar-refractivity contribution < 1.29 is 47.4 Å². The number of rotatable bonds is 12. The Bertz CT molecular complexity index is 1110. The van der Waals surface area contributed by atoms with Crippen LogP contribution in [0, 0.1) is 5.92 Å². The Hall–Kier alpha value is -2.89. The highest BCUT2D eigenvalue weighted by molar-refractivity contribution is 7.52. The number of amides is 1. The molecule has 2 aliphatic rings. The van der Waals surface area contributed by atoms with Crippen LogP contribution in [0.25, 0.3) is 0 Å². The minimum Gasteiger partial charge on any atom is -0.453 e. The molecule has 0 spiro atoms. The van der Waals surface area contributed by atoms with E-state index < -0.39 is 56.8 Å². The second-order valence-corrected chi connectivity index (χ2v) is 11.1. The zero-order valence-corrected chi connectivity index (χ0v) is 22.5. The highest BCUT2D eigenvalue weighted by Gasteiger charge is 2.42. The average Bonchev–Trinajstić information content (AvgIpc) is 3.22. The number of Topliss-reactive ketones (excluding diaryl/α,β-unsaturated/α-hetero) is 1. The number of hydrogen-bond donors (Lipinski definition) is 2. The molecule has 38 heavy (non-hydrogen) atoms. The van der Waals surface area contributed by atoms with Crippen molar-refractivity contribution in [2.45, 2.75) is 71.1 Å². The Morgan fingerprint density at radius 1 is 1.18 bits per heavy atom. The van der Waals surface area contributed by atoms with E-state index in [0.29, 0.717) is 0 Å². The number of nitrogens with one attached hydrogen (secondary N) is 1. The number of ketones is 2. The van der Waals surface area contributed by atoms with Crippen LogP contribution >= 0.6 is 7.75 Å². The van der Waals surface area contributed by atoms with Crippen molar-refractivity contribution in [3.05, 3.63) is 42.6 Å². The fourth-order valence-electron chi connectivity index (χ4n) is 3.81. The fourth-order valence-corrected chi connectivity index (χ4v) is 5.32. The van der Waals surface area contributed by atoms with E-state index in [2.05, 4.69) is 5.09 Å². The van der Waals surface area contributed by atoms with Crippen LogP contribution in [0.4, 0.5) is 0 Å². The third-order valence-corrected chi connectivity index (χ3v) is 7.54. The van der Waals surface area contributed by atoms with Gasteiger partial charge in [0.15, 0.2) is 17.7 Å². The highest BCUT2D eigenvalue weighted by atomic mass is 31.2. The predicted octanol–water partition coefficient (Wildman–Crippen LogP) is 2.12. The number of carbonyl (C=O) groups excluding carboxylic acids is 4. The summed E-state index contributed by atoms with van der Waals surface area (Å²) in [6.45, 7) is 5.79. The number of allylic oxidation sites excluding steroid dienone is 1. The lowest BCUT2D eigenvalue weighted by Gasteiger charge is -2.27. The number of aliphatic hydroxyl groups excluding tert-OH is 1. The van der Waals surface area contributed by atoms with E-state index in [0.717, 1.165) is 0 Å². The molecule has 12 nitrogen and oxygen atoms in total. The van der Waals surface area contributed by atoms with Crippen molar-refractivity contribution in [3.63, 3.8) is 0 Å². The van der Waals surface area contributed by atoms with Crippen LogP contribution in [0.3, 0.4) is 0 Å². The predicted molar refractivity (Wildman–Crippen MR) is 134 cm³/mol. The Morgan fingerprint density at radius 3 is 2.50 bits per heavy atom. The maximum Gasteiger partial charge on any atom is 0.459 e. The zero-order valence-electron chi connectivity index (χ0n) is 21.6. The second-order valence-electron chi connectivity index (χ2n) is 9.38. The van der Waals surface area contributed by atoms with Gasteiger partial charge in [-0.05, 0) is 32.1 Å². The summed E-state index contributed by atoms with van der Waals surface area (Å²) < 4.78 is 35.8. The SMILES string of the molecule is CC(C)C(=O)[C@H](C)OC(=O)[C@H](C)N[P@](=O)(OC[C@@H]1O[C@H](N2C=CC(=O)CC2=O)C[C@H]1O)Oc1ccccc1. The average molecular weight is 553 g/mol. The lowest BCUT2D eigenvalue weighted by molar-refractivity contribution is -0.156. The molecule has 1 aromatic rings. The van der Waals surface area contributed by atoms with E-state index in [1.807, 2.05) is 0 Å². The van der Waals surface area contributed by atoms with Crippen LogP contribution in [-0.2, 0) is 37.7 Å². The molecule has 1 fully saturated rings. The monoisotopic (exact) mass is 552 g/mol. The van der Waals surface area contributed by atoms with E-state index in [9.17, 15) is 28.8 Å². The molecule has 3 rings (SSSR count). The molecule has 2 aliphatic heterocycles. The molecule has 0 radical (unpaired) electrons. The molecule has 208 valence electrons. The van der Waals surface area contributed by atoms with E-state index >= 15 is 0 Å². The molecule has 2 heterocycles. The topological polar surface area (TPSA) is 158 Å². The molecule has 0 unspecified atom stereocenters. The van der Waals surface area contributed by atoms with Crippen LogP contribution in [0.15, 0.2) is 42.6 Å². The van der Waals surface area contributed by atoms with Crippen molar-refractivity contribution in [3.8, 4) is 5.75 Å². The summed E-state index contributed by atoms with van der Waals surface area (Å²) in [5, 5.41) is 13.0. The van der Waals surface area contributed by atoms with Gasteiger partial charge < -0.3 is 19.1 Å². The maximum atomic E-state index is 13.7. The lowest BCUT2D eigenvalue weighted by atomic mass is 10.1. The molecule has 2 N–H and O–H groups in total. The smallest absolute Gasteiger partial charge is 0.453 e. The fraction of sp³-hybridized carbons (Fsp3) is 0.520. The van der Waals surface area contributed by atoms with Crippen LogP contribution in [0.1, 0.15) is 40.5 Å². The molecule has 0 saturated carbocycles. The summed E-state index contributed by atoms with van der Waals surface area (Å²) >= 11 is 0. The molecule has 13 heteroatoms. The number of carbonyl (C=O) groups is 4. The standard InChI is InChI=1S/C25H33N2O10P/c1-15(2)24(31)17(4)35-25(32)16(3)26-38(33,37-19-8-6-5-7-9-19)34-14-21-20(29)13-23(36-21)27-11-10-18(28)12-22(27)30/h5-11,15-17,20-21,23,29H,12-14H2,1-4H3,(H,26,33)/t16-,17-,20+,21-,23-,38-/m0/s1. The van der Waals surface area contributed by atoms with Crippen molar-refractivity contribution in [2.75, 3.05) is 6.61 Å². The Labute approximate surface area is 220 Å². The van der Waals surface area contributed by atoms with Crippen molar-refractivity contribution in [1.29, 1.82) is 0 Å². The summed E-state index contributed by atoms with van der Waals surface area (Å²) in [4.78, 5) is 49.5. The summed E-state index contributed by atoms with van der Waals surface area (Å²) in [5.41, 5.74) is 0. The molecule has 1 saturated heterocycles. The third kappa shape index (κ3) is 7.81. The van der Waals surface area contributed by atoms with Crippen LogP contribution in [0.5, 0.6) is 5.75 Å². The number of para-hydroxylation sites is 1. The summed E-state index contributed by atoms with van der Waals surface area (Å²) in [5.74, 6) is -2.05. The van der Waals surface area contributed by atoms with Crippen molar-refractivity contribution >= 4 is 31.2 Å². The summed E-state index contributed by atoms with van der Waals surface area (Å²) in [6, 6.07) is 6.92. The number of ether oxygens (including phenoxy) is 2. The Balaban J connectivity index is 1.68. The van der Waals surface area contributed by atoms with Gasteiger partial charge in [-0.2, -0.15) is 5.09 Å². The Kier molecular flexibility index (Phi) is 9.97. The number of nitrogens with zero attached hydrogens (tertiary/aromatic N) is 1. The van der Waals surface area contributed by atoms with Crippen LogP contribution in [-0.4, -0.2) is 70.6 Å². The van der Waals surface area contributed by atoms with Gasteiger partial charge in [0.05, 0.1) is 19.1 Å². The first-order valence-electron chi connectivity index (χ1n) is 12.3. The van der Waals surface area contributed by atoms with Crippen molar-refractivity contribution in [1.82, 2.24) is 9.99 Å². The first-order chi connectivity index (χ1) is 17.9. The highest BCUT2D eigenvalue weighted by Crippen LogP contribution is 2.45. The van der Waals surface area contributed by atoms with Gasteiger partial charge in [0.1, 0.15) is 24.1 Å². The van der Waals surface area contributed by atoms with Gasteiger partial charge in [0.25, 0.3) is 0 Å². The van der Waals surface area contributed by atoms with Gasteiger partial charge in [0, 0.05) is 18.5 Å². The molecule has 6 atom stereocenters. The first kappa shape index (κ1) is 29.7. The number of esters is 1. The molecular formula is C25H33N2O10P. The minimum atomic E-state index is -4.25. The van der Waals surface area contributed by atoms with Gasteiger partial charge >= 0.3 is 13.7 Å². The zero-order chi connectivity index (χ0) is 28.0. The van der Waals surface area contributed by atoms with Crippen LogP contribution < -0.4 is 9.61 Å². The van der Waals surface area contributed by atoms with Gasteiger partial charge in [0.2, 0.25) is 5.91 Å². The van der Waals surface area contributed by atoms with Gasteiger partial charge in [-0.15, -0.1) is 0 Å². The molecular weight excluding hydrogens is 519 g/mol. The number of hydrogen-bond acceptors (Lipinski definition) is 10. The van der Waals surface area contributed by atoms with E-state index in [1.165, 1.54) is 43.2 Å². The largest absolute Gasteiger partial charge is 0.459 e. The number of benzene rings is 1. The first-order valence-corrected chi connectivity index (χ1v) is 13.8. The summed E-state index contributed by atoms with van der Waals surface area (Å²) in [6.07, 6.45) is -1.60. The quantitative estimate of drug-likeness (QED) is 0.222. The van der Waals surface area contributed by atoms with E-state index in [-0.39, 0.29) is 36.1 Å². The van der Waals surface area contributed by atoms with E-state index in [1.54, 1.807) is 32.0 Å². The van der Waals surface area contributed by atoms with Crippen LogP contribution in [0.2, 0.25) is 0 Å². The van der Waals surface area contributed by atoms with Gasteiger partial charge in [-0.25, -0.2) is 4.57 Å². The molecule has 0 aliphatic carbocycles. The normalized spacial score (nSPS) is 24.7. The summed E-state index contributed by atoms with van der Waals surface area (Å²) in [7, 11) is -4.25. The molecule has 0 aromatic heterocycles. The van der Waals surface area contributed by atoms with Gasteiger partial charge in [-0.3, -0.25) is 28.6 Å². The van der Waals surface area contributed by atoms with E-state index in [4.69, 9.17) is 18.5 Å². The maximum absolute atomic E-state index is 13.7. The molecule has 0 bridgehead atoms. The minimum absolute atomic E-state index is 0.0417. The lowest BCUT2D eigenvalue weighted by Crippen LogP contribution is -2.40.